The molecule has 2 heterocycles. The molecule has 7 aromatic carbocycles. The summed E-state index contributed by atoms with van der Waals surface area (Å²) in [6.07, 6.45) is 0. The second kappa shape index (κ2) is 8.12. The summed E-state index contributed by atoms with van der Waals surface area (Å²) >= 11 is 1.91. The van der Waals surface area contributed by atoms with Crippen molar-refractivity contribution in [3.8, 4) is 16.8 Å². The molecular formula is C41H27NS. The van der Waals surface area contributed by atoms with Gasteiger partial charge in [-0.3, -0.25) is 0 Å². The molecule has 0 spiro atoms. The summed E-state index contributed by atoms with van der Waals surface area (Å²) in [5, 5.41) is 10.6. The summed E-state index contributed by atoms with van der Waals surface area (Å²) in [4.78, 5) is 0. The van der Waals surface area contributed by atoms with Crippen molar-refractivity contribution in [3.63, 3.8) is 0 Å². The van der Waals surface area contributed by atoms with Crippen molar-refractivity contribution in [2.24, 2.45) is 0 Å². The van der Waals surface area contributed by atoms with E-state index in [2.05, 4.69) is 146 Å². The Morgan fingerprint density at radius 3 is 2.02 bits per heavy atom. The first kappa shape index (κ1) is 23.6. The summed E-state index contributed by atoms with van der Waals surface area (Å²) in [7, 11) is 0. The molecular weight excluding hydrogens is 539 g/mol. The second-order valence-corrected chi connectivity index (χ2v) is 13.6. The Hall–Kier alpha value is -4.92. The number of rotatable bonds is 1. The van der Waals surface area contributed by atoms with Gasteiger partial charge in [-0.15, -0.1) is 11.3 Å². The fourth-order valence-corrected chi connectivity index (χ4v) is 9.07. The highest BCUT2D eigenvalue weighted by atomic mass is 32.1. The Labute approximate surface area is 253 Å². The van der Waals surface area contributed by atoms with Crippen molar-refractivity contribution >= 4 is 74.9 Å². The van der Waals surface area contributed by atoms with Crippen LogP contribution in [0.25, 0.3) is 80.3 Å². The fourth-order valence-electron chi connectivity index (χ4n) is 7.94. The van der Waals surface area contributed by atoms with Gasteiger partial charge in [0.15, 0.2) is 0 Å². The summed E-state index contributed by atoms with van der Waals surface area (Å²) < 4.78 is 5.19. The zero-order valence-corrected chi connectivity index (χ0v) is 24.8. The maximum Gasteiger partial charge on any atom is 0.0555 e. The normalized spacial score (nSPS) is 14.0. The number of hydrogen-bond donors (Lipinski definition) is 0. The largest absolute Gasteiger partial charge is 0.309 e. The molecule has 0 amide bonds. The predicted molar refractivity (Wildman–Crippen MR) is 186 cm³/mol. The third kappa shape index (κ3) is 3.01. The second-order valence-electron chi connectivity index (χ2n) is 12.5. The van der Waals surface area contributed by atoms with Crippen LogP contribution < -0.4 is 0 Å². The number of hydrogen-bond acceptors (Lipinski definition) is 1. The van der Waals surface area contributed by atoms with Crippen LogP contribution in [0.15, 0.2) is 127 Å². The SMILES string of the molecule is CC1(C)c2ccccc2-c2ccc(-n3c4cc5sc6ccc7ccccc7c6c5cc4c4c5ccccc5ccc43)cc21. The van der Waals surface area contributed by atoms with Gasteiger partial charge in [0.05, 0.1) is 11.0 Å². The Balaban J connectivity index is 1.35. The van der Waals surface area contributed by atoms with E-state index in [9.17, 15) is 0 Å². The van der Waals surface area contributed by atoms with E-state index in [1.165, 1.54) is 91.5 Å². The molecule has 0 saturated heterocycles. The molecule has 202 valence electrons. The molecule has 0 aliphatic heterocycles. The Kier molecular flexibility index (Phi) is 4.46. The van der Waals surface area contributed by atoms with Gasteiger partial charge in [-0.2, -0.15) is 0 Å². The van der Waals surface area contributed by atoms with Crippen LogP contribution in [-0.4, -0.2) is 4.57 Å². The molecule has 0 unspecified atom stereocenters. The molecule has 43 heavy (non-hydrogen) atoms. The first-order valence-corrected chi connectivity index (χ1v) is 15.8. The first-order chi connectivity index (χ1) is 21.1. The van der Waals surface area contributed by atoms with E-state index in [0.29, 0.717) is 0 Å². The van der Waals surface area contributed by atoms with Gasteiger partial charge in [0.25, 0.3) is 0 Å². The third-order valence-electron chi connectivity index (χ3n) is 9.96. The molecule has 0 atom stereocenters. The lowest BCUT2D eigenvalue weighted by atomic mass is 9.82. The molecule has 0 bridgehead atoms. The maximum absolute atomic E-state index is 2.51. The van der Waals surface area contributed by atoms with Crippen molar-refractivity contribution < 1.29 is 0 Å². The highest BCUT2D eigenvalue weighted by Gasteiger charge is 2.35. The lowest BCUT2D eigenvalue weighted by Gasteiger charge is -2.22. The lowest BCUT2D eigenvalue weighted by Crippen LogP contribution is -2.15. The van der Waals surface area contributed by atoms with Gasteiger partial charge >= 0.3 is 0 Å². The number of thiophene rings is 1. The van der Waals surface area contributed by atoms with Crippen molar-refractivity contribution in [2.45, 2.75) is 19.3 Å². The van der Waals surface area contributed by atoms with Gasteiger partial charge in [-0.1, -0.05) is 105 Å². The van der Waals surface area contributed by atoms with Crippen LogP contribution in [0.1, 0.15) is 25.0 Å². The van der Waals surface area contributed by atoms with E-state index >= 15 is 0 Å². The Morgan fingerprint density at radius 2 is 1.19 bits per heavy atom. The Morgan fingerprint density at radius 1 is 0.488 bits per heavy atom. The standard InChI is InChI=1S/C41H27NS/c1-41(2)33-14-8-7-13-29(33)30-18-17-26(21-34(30)41)42-35-19-15-24-9-3-5-11-27(24)39(35)31-22-32-38(23-36(31)42)43-37-20-16-25-10-4-6-12-28(25)40(32)37/h3-23H,1-2H3. The molecule has 1 nitrogen and oxygen atoms in total. The number of nitrogens with zero attached hydrogens (tertiary/aromatic N) is 1. The minimum absolute atomic E-state index is 0.0484. The number of benzene rings is 7. The monoisotopic (exact) mass is 565 g/mol. The first-order valence-electron chi connectivity index (χ1n) is 15.0. The van der Waals surface area contributed by atoms with Crippen LogP contribution in [0, 0.1) is 0 Å². The smallest absolute Gasteiger partial charge is 0.0555 e. The molecule has 0 saturated carbocycles. The van der Waals surface area contributed by atoms with E-state index in [1.54, 1.807) is 0 Å². The van der Waals surface area contributed by atoms with E-state index in [1.807, 2.05) is 11.3 Å². The summed E-state index contributed by atoms with van der Waals surface area (Å²) in [6.45, 7) is 4.73. The van der Waals surface area contributed by atoms with E-state index in [-0.39, 0.29) is 5.41 Å². The Bertz CT molecular complexity index is 2650. The topological polar surface area (TPSA) is 4.93 Å². The quantitative estimate of drug-likeness (QED) is 0.187. The summed E-state index contributed by atoms with van der Waals surface area (Å²) in [5.41, 5.74) is 9.23. The molecule has 2 heteroatoms. The van der Waals surface area contributed by atoms with Crippen LogP contribution in [0.2, 0.25) is 0 Å². The van der Waals surface area contributed by atoms with Crippen LogP contribution in [-0.2, 0) is 5.41 Å². The molecule has 2 aromatic heterocycles. The number of aromatic nitrogens is 1. The minimum atomic E-state index is -0.0484. The molecule has 9 aromatic rings. The molecule has 10 rings (SSSR count). The fraction of sp³-hybridized carbons (Fsp3) is 0.0732. The average Bonchev–Trinajstić information content (AvgIpc) is 3.65. The molecule has 0 radical (unpaired) electrons. The van der Waals surface area contributed by atoms with Crippen molar-refractivity contribution in [3.05, 3.63) is 139 Å². The van der Waals surface area contributed by atoms with Gasteiger partial charge < -0.3 is 4.57 Å². The number of fused-ring (bicyclic) bond motifs is 13. The average molecular weight is 566 g/mol. The van der Waals surface area contributed by atoms with Crippen LogP contribution in [0.4, 0.5) is 0 Å². The van der Waals surface area contributed by atoms with E-state index in [4.69, 9.17) is 0 Å². The molecule has 1 aliphatic rings. The van der Waals surface area contributed by atoms with Crippen molar-refractivity contribution in [2.75, 3.05) is 0 Å². The van der Waals surface area contributed by atoms with Gasteiger partial charge in [0.1, 0.15) is 0 Å². The lowest BCUT2D eigenvalue weighted by molar-refractivity contribution is 0.660. The summed E-state index contributed by atoms with van der Waals surface area (Å²) in [6, 6.07) is 47.8. The van der Waals surface area contributed by atoms with Gasteiger partial charge in [-0.25, -0.2) is 0 Å². The molecule has 0 N–H and O–H groups in total. The highest BCUT2D eigenvalue weighted by Crippen LogP contribution is 2.50. The van der Waals surface area contributed by atoms with Crippen molar-refractivity contribution in [1.29, 1.82) is 0 Å². The summed E-state index contributed by atoms with van der Waals surface area (Å²) in [5.74, 6) is 0. The van der Waals surface area contributed by atoms with Gasteiger partial charge in [0.2, 0.25) is 0 Å². The molecule has 0 fully saturated rings. The van der Waals surface area contributed by atoms with Crippen LogP contribution in [0.3, 0.4) is 0 Å². The zero-order chi connectivity index (χ0) is 28.4. The van der Waals surface area contributed by atoms with Crippen molar-refractivity contribution in [1.82, 2.24) is 4.57 Å². The predicted octanol–water partition coefficient (Wildman–Crippen LogP) is 11.8. The highest BCUT2D eigenvalue weighted by molar-refractivity contribution is 7.26. The van der Waals surface area contributed by atoms with Crippen LogP contribution in [0.5, 0.6) is 0 Å². The van der Waals surface area contributed by atoms with E-state index < -0.39 is 0 Å². The van der Waals surface area contributed by atoms with Gasteiger partial charge in [0, 0.05) is 42.0 Å². The van der Waals surface area contributed by atoms with Crippen LogP contribution >= 0.6 is 11.3 Å². The minimum Gasteiger partial charge on any atom is -0.309 e. The maximum atomic E-state index is 2.51. The molecule has 1 aliphatic carbocycles. The van der Waals surface area contributed by atoms with E-state index in [0.717, 1.165) is 0 Å². The van der Waals surface area contributed by atoms with Gasteiger partial charge in [-0.05, 0) is 80.2 Å². The third-order valence-corrected chi connectivity index (χ3v) is 11.1. The zero-order valence-electron chi connectivity index (χ0n) is 24.0.